The Kier molecular flexibility index (Phi) is 4.53. The van der Waals surface area contributed by atoms with Gasteiger partial charge < -0.3 is 10.1 Å². The van der Waals surface area contributed by atoms with Crippen molar-refractivity contribution in [1.82, 2.24) is 10.2 Å². The molecule has 1 saturated heterocycles. The van der Waals surface area contributed by atoms with E-state index in [4.69, 9.17) is 4.74 Å². The molecule has 0 bridgehead atoms. The van der Waals surface area contributed by atoms with Gasteiger partial charge in [0.25, 0.3) is 0 Å². The van der Waals surface area contributed by atoms with Gasteiger partial charge in [-0.25, -0.2) is 4.79 Å². The summed E-state index contributed by atoms with van der Waals surface area (Å²) >= 11 is 5.12. The minimum Gasteiger partial charge on any atom is -0.444 e. The summed E-state index contributed by atoms with van der Waals surface area (Å²) in [7, 11) is 0. The molecule has 6 heteroatoms. The molecule has 0 spiro atoms. The molecule has 1 aromatic rings. The molecule has 0 aliphatic carbocycles. The van der Waals surface area contributed by atoms with Crippen LogP contribution in [0.15, 0.2) is 15.9 Å². The molecule has 1 N–H and O–H groups in total. The second kappa shape index (κ2) is 5.81. The molecule has 2 rings (SSSR count). The van der Waals surface area contributed by atoms with E-state index in [2.05, 4.69) is 27.3 Å². The monoisotopic (exact) mass is 346 g/mol. The second-order valence-electron chi connectivity index (χ2n) is 5.56. The van der Waals surface area contributed by atoms with Crippen LogP contribution in [0, 0.1) is 0 Å². The highest BCUT2D eigenvalue weighted by atomic mass is 79.9. The molecule has 106 valence electrons. The molecule has 4 nitrogen and oxygen atoms in total. The summed E-state index contributed by atoms with van der Waals surface area (Å²) in [5.74, 6) is 0. The molecule has 1 aliphatic heterocycles. The number of carbonyl (C=O) groups is 1. The standard InChI is InChI=1S/C13H19BrN2O2S/c1-13(2,3)18-12(17)16-5-4-15-7-10(16)11-6-9(14)8-19-11/h6,8,10,15H,4-5,7H2,1-3H3. The van der Waals surface area contributed by atoms with Gasteiger partial charge in [0.05, 0.1) is 6.04 Å². The van der Waals surface area contributed by atoms with Crippen LogP contribution in [-0.4, -0.2) is 36.2 Å². The van der Waals surface area contributed by atoms with Crippen molar-refractivity contribution in [2.24, 2.45) is 0 Å². The molecule has 1 unspecified atom stereocenters. The van der Waals surface area contributed by atoms with E-state index in [1.54, 1.807) is 11.3 Å². The third-order valence-corrected chi connectivity index (χ3v) is 4.58. The number of piperazine rings is 1. The molecule has 1 aromatic heterocycles. The van der Waals surface area contributed by atoms with Crippen LogP contribution in [0.5, 0.6) is 0 Å². The highest BCUT2D eigenvalue weighted by Gasteiger charge is 2.32. The average Bonchev–Trinajstić information content (AvgIpc) is 2.73. The van der Waals surface area contributed by atoms with E-state index >= 15 is 0 Å². The quantitative estimate of drug-likeness (QED) is 0.847. The van der Waals surface area contributed by atoms with Crippen LogP contribution in [0.1, 0.15) is 31.7 Å². The van der Waals surface area contributed by atoms with E-state index < -0.39 is 5.60 Å². The Balaban J connectivity index is 2.14. The van der Waals surface area contributed by atoms with Gasteiger partial charge in [-0.15, -0.1) is 11.3 Å². The van der Waals surface area contributed by atoms with Crippen molar-refractivity contribution in [2.45, 2.75) is 32.4 Å². The van der Waals surface area contributed by atoms with Crippen LogP contribution < -0.4 is 5.32 Å². The predicted octanol–water partition coefficient (Wildman–Crippen LogP) is 3.39. The van der Waals surface area contributed by atoms with Crippen LogP contribution in [0.4, 0.5) is 4.79 Å². The summed E-state index contributed by atoms with van der Waals surface area (Å²) in [5, 5.41) is 5.37. The maximum Gasteiger partial charge on any atom is 0.410 e. The first-order valence-electron chi connectivity index (χ1n) is 6.31. The molecule has 0 aromatic carbocycles. The molecule has 1 amide bonds. The fourth-order valence-electron chi connectivity index (χ4n) is 2.00. The van der Waals surface area contributed by atoms with Crippen molar-refractivity contribution in [3.63, 3.8) is 0 Å². The van der Waals surface area contributed by atoms with E-state index in [0.29, 0.717) is 6.54 Å². The summed E-state index contributed by atoms with van der Waals surface area (Å²) in [6.45, 7) is 7.93. The van der Waals surface area contributed by atoms with Crippen molar-refractivity contribution in [2.75, 3.05) is 19.6 Å². The van der Waals surface area contributed by atoms with Gasteiger partial charge in [-0.2, -0.15) is 0 Å². The molecule has 0 radical (unpaired) electrons. The van der Waals surface area contributed by atoms with Crippen molar-refractivity contribution >= 4 is 33.4 Å². The maximum absolute atomic E-state index is 12.3. The molecule has 1 aliphatic rings. The third kappa shape index (κ3) is 3.94. The second-order valence-corrected chi connectivity index (χ2v) is 7.42. The van der Waals surface area contributed by atoms with E-state index in [-0.39, 0.29) is 12.1 Å². The number of nitrogens with one attached hydrogen (secondary N) is 1. The van der Waals surface area contributed by atoms with Gasteiger partial charge in [-0.1, -0.05) is 0 Å². The van der Waals surface area contributed by atoms with Crippen LogP contribution in [0.25, 0.3) is 0 Å². The van der Waals surface area contributed by atoms with Crippen molar-refractivity contribution in [3.8, 4) is 0 Å². The van der Waals surface area contributed by atoms with Crippen molar-refractivity contribution < 1.29 is 9.53 Å². The summed E-state index contributed by atoms with van der Waals surface area (Å²) in [5.41, 5.74) is -0.456. The largest absolute Gasteiger partial charge is 0.444 e. The number of halogens is 1. The lowest BCUT2D eigenvalue weighted by molar-refractivity contribution is 0.0122. The molecule has 0 saturated carbocycles. The minimum atomic E-state index is -0.456. The van der Waals surface area contributed by atoms with Gasteiger partial charge in [-0.3, -0.25) is 4.90 Å². The maximum atomic E-state index is 12.3. The zero-order valence-electron chi connectivity index (χ0n) is 11.4. The molecule has 2 heterocycles. The van der Waals surface area contributed by atoms with E-state index in [9.17, 15) is 4.79 Å². The molecular weight excluding hydrogens is 328 g/mol. The Morgan fingerprint density at radius 1 is 1.58 bits per heavy atom. The summed E-state index contributed by atoms with van der Waals surface area (Å²) < 4.78 is 6.55. The molecular formula is C13H19BrN2O2S. The van der Waals surface area contributed by atoms with Gasteiger partial charge in [0.1, 0.15) is 5.60 Å². The highest BCUT2D eigenvalue weighted by Crippen LogP contribution is 2.31. The van der Waals surface area contributed by atoms with Crippen LogP contribution >= 0.6 is 27.3 Å². The van der Waals surface area contributed by atoms with E-state index in [1.807, 2.05) is 31.1 Å². The van der Waals surface area contributed by atoms with Gasteiger partial charge in [0.15, 0.2) is 0 Å². The Hall–Kier alpha value is -0.590. The molecule has 1 atom stereocenters. The van der Waals surface area contributed by atoms with Crippen LogP contribution in [-0.2, 0) is 4.74 Å². The number of hydrogen-bond acceptors (Lipinski definition) is 4. The number of nitrogens with zero attached hydrogens (tertiary/aromatic N) is 1. The average molecular weight is 347 g/mol. The van der Waals surface area contributed by atoms with E-state index in [1.165, 1.54) is 4.88 Å². The first kappa shape index (κ1) is 14.8. The van der Waals surface area contributed by atoms with E-state index in [0.717, 1.165) is 17.6 Å². The minimum absolute atomic E-state index is 0.0555. The first-order valence-corrected chi connectivity index (χ1v) is 7.98. The summed E-state index contributed by atoms with van der Waals surface area (Å²) in [6.07, 6.45) is -0.233. The smallest absolute Gasteiger partial charge is 0.410 e. The summed E-state index contributed by atoms with van der Waals surface area (Å²) in [4.78, 5) is 15.3. The van der Waals surface area contributed by atoms with Gasteiger partial charge in [-0.05, 0) is 42.8 Å². The zero-order chi connectivity index (χ0) is 14.0. The zero-order valence-corrected chi connectivity index (χ0v) is 13.8. The van der Waals surface area contributed by atoms with Crippen molar-refractivity contribution in [1.29, 1.82) is 0 Å². The number of hydrogen-bond donors (Lipinski definition) is 1. The summed E-state index contributed by atoms with van der Waals surface area (Å²) in [6, 6.07) is 2.12. The normalized spacial score (nSPS) is 20.4. The SMILES string of the molecule is CC(C)(C)OC(=O)N1CCNCC1c1cc(Br)cs1. The fraction of sp³-hybridized carbons (Fsp3) is 0.615. The highest BCUT2D eigenvalue weighted by molar-refractivity contribution is 9.10. The number of amides is 1. The lowest BCUT2D eigenvalue weighted by Gasteiger charge is -2.36. The fourth-order valence-corrected chi connectivity index (χ4v) is 3.56. The Labute approximate surface area is 126 Å². The number of rotatable bonds is 1. The van der Waals surface area contributed by atoms with Crippen LogP contribution in [0.3, 0.4) is 0 Å². The lowest BCUT2D eigenvalue weighted by atomic mass is 10.1. The Morgan fingerprint density at radius 2 is 2.32 bits per heavy atom. The molecule has 1 fully saturated rings. The topological polar surface area (TPSA) is 41.6 Å². The molecule has 19 heavy (non-hydrogen) atoms. The number of thiophene rings is 1. The lowest BCUT2D eigenvalue weighted by Crippen LogP contribution is -2.49. The Morgan fingerprint density at radius 3 is 2.89 bits per heavy atom. The van der Waals surface area contributed by atoms with Crippen molar-refractivity contribution in [3.05, 3.63) is 20.8 Å². The predicted molar refractivity (Wildman–Crippen MR) is 80.6 cm³/mol. The Bertz CT molecular complexity index is 456. The van der Waals surface area contributed by atoms with Crippen LogP contribution in [0.2, 0.25) is 0 Å². The third-order valence-electron chi connectivity index (χ3n) is 2.79. The van der Waals surface area contributed by atoms with Gasteiger partial charge in [0, 0.05) is 34.4 Å². The van der Waals surface area contributed by atoms with Gasteiger partial charge in [0.2, 0.25) is 0 Å². The number of carbonyl (C=O) groups excluding carboxylic acids is 1. The van der Waals surface area contributed by atoms with Gasteiger partial charge >= 0.3 is 6.09 Å². The number of ether oxygens (including phenoxy) is 1. The first-order chi connectivity index (χ1) is 8.87.